The Bertz CT molecular complexity index is 797. The van der Waals surface area contributed by atoms with Crippen molar-refractivity contribution in [2.45, 2.75) is 72.3 Å². The molecule has 0 heterocycles. The van der Waals surface area contributed by atoms with Crippen LogP contribution in [0, 0.1) is 5.41 Å². The standard InChI is InChI=1S/C25H39N3O5/c1-24(2,3)33-23(32)26-18-21(30)27-20-10-8-19(9-11-20)13-16-28(6)22(31)12-15-25(4,5)14-7-17-29/h8-11,17H,7,12-16,18H2,1-6H3,(H,26,32)(H,27,30). The first kappa shape index (κ1) is 28.1. The van der Waals surface area contributed by atoms with Crippen molar-refractivity contribution < 1.29 is 23.9 Å². The first-order valence-corrected chi connectivity index (χ1v) is 11.3. The van der Waals surface area contributed by atoms with Crippen LogP contribution in [0.15, 0.2) is 24.3 Å². The molecule has 1 aromatic rings. The molecule has 0 saturated heterocycles. The van der Waals surface area contributed by atoms with E-state index in [1.165, 1.54) is 0 Å². The molecule has 0 atom stereocenters. The number of carbonyl (C=O) groups is 4. The van der Waals surface area contributed by atoms with Gasteiger partial charge in [-0.3, -0.25) is 9.59 Å². The summed E-state index contributed by atoms with van der Waals surface area (Å²) in [6.45, 7) is 9.83. The lowest BCUT2D eigenvalue weighted by Crippen LogP contribution is -2.37. The van der Waals surface area contributed by atoms with Crippen LogP contribution in [0.3, 0.4) is 0 Å². The summed E-state index contributed by atoms with van der Waals surface area (Å²) in [4.78, 5) is 48.3. The average Bonchev–Trinajstić information content (AvgIpc) is 2.73. The highest BCUT2D eigenvalue weighted by molar-refractivity contribution is 5.93. The second-order valence-electron chi connectivity index (χ2n) is 10.0. The highest BCUT2D eigenvalue weighted by Gasteiger charge is 2.20. The third kappa shape index (κ3) is 12.7. The number of aldehydes is 1. The van der Waals surface area contributed by atoms with Gasteiger partial charge in [0.25, 0.3) is 0 Å². The Kier molecular flexibility index (Phi) is 11.1. The fraction of sp³-hybridized carbons (Fsp3) is 0.600. The van der Waals surface area contributed by atoms with Crippen molar-refractivity contribution in [3.05, 3.63) is 29.8 Å². The second kappa shape index (κ2) is 13.0. The molecule has 0 unspecified atom stereocenters. The molecular weight excluding hydrogens is 422 g/mol. The monoisotopic (exact) mass is 461 g/mol. The van der Waals surface area contributed by atoms with E-state index in [2.05, 4.69) is 24.5 Å². The van der Waals surface area contributed by atoms with Gasteiger partial charge in [-0.05, 0) is 63.1 Å². The Labute approximate surface area is 197 Å². The molecule has 8 nitrogen and oxygen atoms in total. The van der Waals surface area contributed by atoms with Crippen molar-refractivity contribution in [3.63, 3.8) is 0 Å². The summed E-state index contributed by atoms with van der Waals surface area (Å²) in [6, 6.07) is 7.38. The van der Waals surface area contributed by atoms with Gasteiger partial charge in [-0.25, -0.2) is 4.79 Å². The van der Waals surface area contributed by atoms with E-state index < -0.39 is 11.7 Å². The lowest BCUT2D eigenvalue weighted by molar-refractivity contribution is -0.130. The van der Waals surface area contributed by atoms with Crippen LogP contribution in [-0.2, 0) is 25.5 Å². The van der Waals surface area contributed by atoms with Crippen LogP contribution in [-0.4, -0.2) is 54.8 Å². The number of carbonyl (C=O) groups excluding carboxylic acids is 4. The molecule has 0 saturated carbocycles. The summed E-state index contributed by atoms with van der Waals surface area (Å²) in [6.07, 6.45) is 3.50. The summed E-state index contributed by atoms with van der Waals surface area (Å²) < 4.78 is 5.09. The van der Waals surface area contributed by atoms with Crippen molar-refractivity contribution in [1.29, 1.82) is 0 Å². The average molecular weight is 462 g/mol. The van der Waals surface area contributed by atoms with Crippen molar-refractivity contribution in [2.24, 2.45) is 5.41 Å². The first-order valence-electron chi connectivity index (χ1n) is 11.3. The molecule has 0 radical (unpaired) electrons. The maximum Gasteiger partial charge on any atom is 0.408 e. The molecule has 0 aliphatic rings. The van der Waals surface area contributed by atoms with Crippen molar-refractivity contribution in [2.75, 3.05) is 25.5 Å². The molecular formula is C25H39N3O5. The van der Waals surface area contributed by atoms with Crippen molar-refractivity contribution >= 4 is 29.9 Å². The molecule has 0 bridgehead atoms. The minimum absolute atomic E-state index is 0.0277. The number of amides is 3. The Morgan fingerprint density at radius 3 is 2.24 bits per heavy atom. The van der Waals surface area contributed by atoms with Gasteiger partial charge in [-0.1, -0.05) is 26.0 Å². The van der Waals surface area contributed by atoms with E-state index >= 15 is 0 Å². The smallest absolute Gasteiger partial charge is 0.408 e. The highest BCUT2D eigenvalue weighted by atomic mass is 16.6. The first-order chi connectivity index (χ1) is 15.3. The number of likely N-dealkylation sites (N-methyl/N-ethyl adjacent to an activating group) is 1. The van der Waals surface area contributed by atoms with E-state index in [1.807, 2.05) is 12.1 Å². The SMILES string of the molecule is CN(CCc1ccc(NC(=O)CNC(=O)OC(C)(C)C)cc1)C(=O)CCC(C)(C)CCC=O. The van der Waals surface area contributed by atoms with Gasteiger partial charge in [0.2, 0.25) is 11.8 Å². The molecule has 184 valence electrons. The van der Waals surface area contributed by atoms with Crippen molar-refractivity contribution in [3.8, 4) is 0 Å². The van der Waals surface area contributed by atoms with Gasteiger partial charge >= 0.3 is 6.09 Å². The Morgan fingerprint density at radius 2 is 1.67 bits per heavy atom. The van der Waals surface area contributed by atoms with Crippen LogP contribution >= 0.6 is 0 Å². The second-order valence-corrected chi connectivity index (χ2v) is 10.0. The highest BCUT2D eigenvalue weighted by Crippen LogP contribution is 2.28. The van der Waals surface area contributed by atoms with Gasteiger partial charge < -0.3 is 25.1 Å². The lowest BCUT2D eigenvalue weighted by atomic mass is 9.83. The van der Waals surface area contributed by atoms with E-state index in [9.17, 15) is 19.2 Å². The Morgan fingerprint density at radius 1 is 1.03 bits per heavy atom. The fourth-order valence-electron chi connectivity index (χ4n) is 3.06. The van der Waals surface area contributed by atoms with E-state index in [1.54, 1.807) is 44.9 Å². The maximum atomic E-state index is 12.4. The number of nitrogens with one attached hydrogen (secondary N) is 2. The molecule has 0 aliphatic heterocycles. The van der Waals surface area contributed by atoms with Gasteiger partial charge in [0.15, 0.2) is 0 Å². The van der Waals surface area contributed by atoms with E-state index in [4.69, 9.17) is 4.74 Å². The van der Waals surface area contributed by atoms with Gasteiger partial charge in [0.1, 0.15) is 18.4 Å². The number of alkyl carbamates (subject to hydrolysis) is 1. The molecule has 1 rings (SSSR count). The Hall–Kier alpha value is -2.90. The molecule has 2 N–H and O–H groups in total. The summed E-state index contributed by atoms with van der Waals surface area (Å²) in [5.41, 5.74) is 1.02. The summed E-state index contributed by atoms with van der Waals surface area (Å²) in [5, 5.41) is 5.14. The van der Waals surface area contributed by atoms with Gasteiger partial charge in [-0.2, -0.15) is 0 Å². The zero-order valence-corrected chi connectivity index (χ0v) is 20.8. The molecule has 8 heteroatoms. The molecule has 0 fully saturated rings. The molecule has 0 aromatic heterocycles. The van der Waals surface area contributed by atoms with Crippen LogP contribution in [0.2, 0.25) is 0 Å². The van der Waals surface area contributed by atoms with E-state index in [0.717, 1.165) is 24.7 Å². The molecule has 3 amide bonds. The maximum absolute atomic E-state index is 12.4. The molecule has 0 spiro atoms. The number of anilines is 1. The molecule has 33 heavy (non-hydrogen) atoms. The van der Waals surface area contributed by atoms with Crippen molar-refractivity contribution in [1.82, 2.24) is 10.2 Å². The predicted molar refractivity (Wildman–Crippen MR) is 129 cm³/mol. The normalized spacial score (nSPS) is 11.5. The third-order valence-corrected chi connectivity index (χ3v) is 5.15. The third-order valence-electron chi connectivity index (χ3n) is 5.15. The molecule has 0 aliphatic carbocycles. The number of benzene rings is 1. The zero-order chi connectivity index (χ0) is 25.1. The summed E-state index contributed by atoms with van der Waals surface area (Å²) in [5.74, 6) is -0.259. The molecule has 1 aromatic carbocycles. The van der Waals surface area contributed by atoms with E-state index in [0.29, 0.717) is 31.5 Å². The fourth-order valence-corrected chi connectivity index (χ4v) is 3.06. The van der Waals surface area contributed by atoms with E-state index in [-0.39, 0.29) is 23.8 Å². The minimum atomic E-state index is -0.642. The van der Waals surface area contributed by atoms with Crippen LogP contribution in [0.4, 0.5) is 10.5 Å². The van der Waals surface area contributed by atoms with Crippen LogP contribution in [0.25, 0.3) is 0 Å². The van der Waals surface area contributed by atoms with Gasteiger partial charge in [0, 0.05) is 32.1 Å². The summed E-state index contributed by atoms with van der Waals surface area (Å²) >= 11 is 0. The lowest BCUT2D eigenvalue weighted by Gasteiger charge is -2.25. The zero-order valence-electron chi connectivity index (χ0n) is 20.8. The number of rotatable bonds is 12. The number of hydrogen-bond donors (Lipinski definition) is 2. The van der Waals surface area contributed by atoms with Crippen LogP contribution in [0.1, 0.15) is 65.9 Å². The minimum Gasteiger partial charge on any atom is -0.444 e. The number of ether oxygens (including phenoxy) is 1. The predicted octanol–water partition coefficient (Wildman–Crippen LogP) is 3.94. The topological polar surface area (TPSA) is 105 Å². The van der Waals surface area contributed by atoms with Crippen LogP contribution < -0.4 is 10.6 Å². The Balaban J connectivity index is 2.40. The number of hydrogen-bond acceptors (Lipinski definition) is 5. The van der Waals surface area contributed by atoms with Gasteiger partial charge in [0.05, 0.1) is 0 Å². The van der Waals surface area contributed by atoms with Crippen LogP contribution in [0.5, 0.6) is 0 Å². The summed E-state index contributed by atoms with van der Waals surface area (Å²) in [7, 11) is 1.80. The quantitative estimate of drug-likeness (QED) is 0.459. The largest absolute Gasteiger partial charge is 0.444 e. The number of nitrogens with zero attached hydrogens (tertiary/aromatic N) is 1. The van der Waals surface area contributed by atoms with Gasteiger partial charge in [-0.15, -0.1) is 0 Å².